The van der Waals surface area contributed by atoms with Gasteiger partial charge in [0.15, 0.2) is 5.82 Å². The molecule has 4 rings (SSSR count). The molecule has 2 N–H and O–H groups in total. The molecule has 0 spiro atoms. The average molecular weight is 346 g/mol. The quantitative estimate of drug-likeness (QED) is 0.892. The van der Waals surface area contributed by atoms with E-state index in [4.69, 9.17) is 4.74 Å². The van der Waals surface area contributed by atoms with E-state index in [9.17, 15) is 4.79 Å². The van der Waals surface area contributed by atoms with Gasteiger partial charge in [0, 0.05) is 31.8 Å². The summed E-state index contributed by atoms with van der Waals surface area (Å²) in [7, 11) is 0. The third-order valence-electron chi connectivity index (χ3n) is 4.74. The normalized spacial score (nSPS) is 22.0. The van der Waals surface area contributed by atoms with Crippen LogP contribution in [0.15, 0.2) is 23.6 Å². The van der Waals surface area contributed by atoms with E-state index in [1.807, 2.05) is 6.07 Å². The van der Waals surface area contributed by atoms with Crippen LogP contribution in [0.2, 0.25) is 0 Å². The Labute approximate surface area is 145 Å². The standard InChI is InChI=1S/C17H22N4O2S/c22-17(14-3-1-9-23-14)18-12-5-7-21(8-6-12)16-11-13(19-20-16)15-4-2-10-24-15/h2,4,10-12,14H,1,3,5-9H2,(H,18,22)(H,19,20)/t14-/m1/s1. The Hall–Kier alpha value is -1.86. The van der Waals surface area contributed by atoms with Gasteiger partial charge in [-0.05, 0) is 37.1 Å². The van der Waals surface area contributed by atoms with Crippen LogP contribution in [0, 0.1) is 0 Å². The molecule has 7 heteroatoms. The molecule has 6 nitrogen and oxygen atoms in total. The number of nitrogens with one attached hydrogen (secondary N) is 2. The summed E-state index contributed by atoms with van der Waals surface area (Å²) in [6.07, 6.45) is 3.49. The molecule has 2 aromatic rings. The largest absolute Gasteiger partial charge is 0.368 e. The van der Waals surface area contributed by atoms with Crippen molar-refractivity contribution in [3.8, 4) is 10.6 Å². The van der Waals surface area contributed by atoms with Gasteiger partial charge >= 0.3 is 0 Å². The minimum absolute atomic E-state index is 0.0608. The zero-order valence-corrected chi connectivity index (χ0v) is 14.3. The van der Waals surface area contributed by atoms with Crippen LogP contribution in [-0.4, -0.2) is 47.9 Å². The van der Waals surface area contributed by atoms with Crippen molar-refractivity contribution < 1.29 is 9.53 Å². The molecule has 0 saturated carbocycles. The van der Waals surface area contributed by atoms with Gasteiger partial charge in [0.1, 0.15) is 6.10 Å². The first-order valence-corrected chi connectivity index (χ1v) is 9.44. The van der Waals surface area contributed by atoms with Crippen LogP contribution in [-0.2, 0) is 9.53 Å². The molecule has 1 atom stereocenters. The number of piperidine rings is 1. The van der Waals surface area contributed by atoms with Gasteiger partial charge in [-0.1, -0.05) is 6.07 Å². The van der Waals surface area contributed by atoms with Gasteiger partial charge in [-0.3, -0.25) is 9.89 Å². The first-order chi connectivity index (χ1) is 11.8. The smallest absolute Gasteiger partial charge is 0.249 e. The average Bonchev–Trinajstić information content (AvgIpc) is 3.35. The van der Waals surface area contributed by atoms with E-state index < -0.39 is 0 Å². The minimum Gasteiger partial charge on any atom is -0.368 e. The zero-order chi connectivity index (χ0) is 16.4. The second-order valence-electron chi connectivity index (χ2n) is 6.39. The van der Waals surface area contributed by atoms with E-state index in [2.05, 4.69) is 37.9 Å². The lowest BCUT2D eigenvalue weighted by Crippen LogP contribution is -2.47. The van der Waals surface area contributed by atoms with E-state index in [1.165, 1.54) is 4.88 Å². The summed E-state index contributed by atoms with van der Waals surface area (Å²) in [5, 5.41) is 12.8. The van der Waals surface area contributed by atoms with E-state index in [1.54, 1.807) is 11.3 Å². The molecule has 0 unspecified atom stereocenters. The molecule has 24 heavy (non-hydrogen) atoms. The molecule has 2 aliphatic heterocycles. The van der Waals surface area contributed by atoms with Crippen LogP contribution in [0.5, 0.6) is 0 Å². The second kappa shape index (κ2) is 6.94. The molecule has 0 aliphatic carbocycles. The van der Waals surface area contributed by atoms with Crippen molar-refractivity contribution in [2.45, 2.75) is 37.8 Å². The molecule has 2 fully saturated rings. The van der Waals surface area contributed by atoms with Crippen LogP contribution in [0.1, 0.15) is 25.7 Å². The number of hydrogen-bond acceptors (Lipinski definition) is 5. The van der Waals surface area contributed by atoms with Crippen LogP contribution in [0.25, 0.3) is 10.6 Å². The minimum atomic E-state index is -0.234. The zero-order valence-electron chi connectivity index (χ0n) is 13.5. The fourth-order valence-corrected chi connectivity index (χ4v) is 4.06. The molecule has 2 aliphatic rings. The van der Waals surface area contributed by atoms with Crippen molar-refractivity contribution in [1.29, 1.82) is 0 Å². The van der Waals surface area contributed by atoms with E-state index in [-0.39, 0.29) is 18.1 Å². The third-order valence-corrected chi connectivity index (χ3v) is 5.64. The number of aromatic amines is 1. The highest BCUT2D eigenvalue weighted by Gasteiger charge is 2.28. The number of nitrogens with zero attached hydrogens (tertiary/aromatic N) is 2. The Morgan fingerprint density at radius 3 is 2.96 bits per heavy atom. The van der Waals surface area contributed by atoms with Crippen LogP contribution < -0.4 is 10.2 Å². The molecular weight excluding hydrogens is 324 g/mol. The Morgan fingerprint density at radius 1 is 1.38 bits per heavy atom. The van der Waals surface area contributed by atoms with Crippen molar-refractivity contribution in [2.24, 2.45) is 0 Å². The summed E-state index contributed by atoms with van der Waals surface area (Å²) < 4.78 is 5.45. The molecule has 4 heterocycles. The van der Waals surface area contributed by atoms with Gasteiger partial charge in [0.25, 0.3) is 0 Å². The molecule has 1 amide bonds. The van der Waals surface area contributed by atoms with E-state index >= 15 is 0 Å². The first-order valence-electron chi connectivity index (χ1n) is 8.56. The highest BCUT2D eigenvalue weighted by Crippen LogP contribution is 2.27. The highest BCUT2D eigenvalue weighted by atomic mass is 32.1. The molecule has 0 aromatic carbocycles. The van der Waals surface area contributed by atoms with Crippen molar-refractivity contribution in [2.75, 3.05) is 24.6 Å². The predicted octanol–water partition coefficient (Wildman–Crippen LogP) is 2.40. The van der Waals surface area contributed by atoms with Gasteiger partial charge in [0.2, 0.25) is 5.91 Å². The fraction of sp³-hybridized carbons (Fsp3) is 0.529. The summed E-state index contributed by atoms with van der Waals surface area (Å²) in [5.74, 6) is 1.05. The number of H-pyrrole nitrogens is 1. The van der Waals surface area contributed by atoms with Crippen LogP contribution in [0.3, 0.4) is 0 Å². The number of amides is 1. The number of anilines is 1. The summed E-state index contributed by atoms with van der Waals surface area (Å²) in [6.45, 7) is 2.53. The fourth-order valence-electron chi connectivity index (χ4n) is 3.36. The van der Waals surface area contributed by atoms with Crippen LogP contribution in [0.4, 0.5) is 5.82 Å². The number of thiophene rings is 1. The van der Waals surface area contributed by atoms with Gasteiger partial charge < -0.3 is 15.0 Å². The lowest BCUT2D eigenvalue weighted by atomic mass is 10.0. The van der Waals surface area contributed by atoms with E-state index in [0.717, 1.165) is 50.3 Å². The maximum absolute atomic E-state index is 12.1. The summed E-state index contributed by atoms with van der Waals surface area (Å²) in [5.41, 5.74) is 1.06. The number of carbonyl (C=O) groups is 1. The Morgan fingerprint density at radius 2 is 2.25 bits per heavy atom. The highest BCUT2D eigenvalue weighted by molar-refractivity contribution is 7.13. The number of hydrogen-bond donors (Lipinski definition) is 2. The number of ether oxygens (including phenoxy) is 1. The molecule has 0 bridgehead atoms. The van der Waals surface area contributed by atoms with Gasteiger partial charge in [-0.15, -0.1) is 11.3 Å². The van der Waals surface area contributed by atoms with Crippen molar-refractivity contribution in [1.82, 2.24) is 15.5 Å². The van der Waals surface area contributed by atoms with Gasteiger partial charge in [-0.25, -0.2) is 0 Å². The van der Waals surface area contributed by atoms with Gasteiger partial charge in [-0.2, -0.15) is 5.10 Å². The maximum atomic E-state index is 12.1. The monoisotopic (exact) mass is 346 g/mol. The molecular formula is C17H22N4O2S. The van der Waals surface area contributed by atoms with Crippen molar-refractivity contribution in [3.05, 3.63) is 23.6 Å². The molecule has 2 aromatic heterocycles. The summed E-state index contributed by atoms with van der Waals surface area (Å²) >= 11 is 1.71. The Kier molecular flexibility index (Phi) is 4.53. The van der Waals surface area contributed by atoms with Gasteiger partial charge in [0.05, 0.1) is 10.6 Å². The lowest BCUT2D eigenvalue weighted by molar-refractivity contribution is -0.130. The Bertz CT molecular complexity index is 671. The SMILES string of the molecule is O=C(NC1CCN(c2cc(-c3cccs3)[nH]n2)CC1)[C@H]1CCCO1. The Balaban J connectivity index is 1.30. The number of carbonyl (C=O) groups excluding carboxylic acids is 1. The third kappa shape index (κ3) is 3.32. The topological polar surface area (TPSA) is 70.2 Å². The number of aromatic nitrogens is 2. The van der Waals surface area contributed by atoms with Crippen molar-refractivity contribution >= 4 is 23.1 Å². The molecule has 128 valence electrons. The molecule has 0 radical (unpaired) electrons. The summed E-state index contributed by atoms with van der Waals surface area (Å²) in [6, 6.07) is 6.49. The van der Waals surface area contributed by atoms with E-state index in [0.29, 0.717) is 6.61 Å². The lowest BCUT2D eigenvalue weighted by Gasteiger charge is -2.32. The van der Waals surface area contributed by atoms with Crippen molar-refractivity contribution in [3.63, 3.8) is 0 Å². The second-order valence-corrected chi connectivity index (χ2v) is 7.34. The molecule has 2 saturated heterocycles. The summed E-state index contributed by atoms with van der Waals surface area (Å²) in [4.78, 5) is 15.6. The number of rotatable bonds is 4. The van der Waals surface area contributed by atoms with Crippen LogP contribution >= 0.6 is 11.3 Å². The first kappa shape index (κ1) is 15.7. The predicted molar refractivity (Wildman–Crippen MR) is 94.3 cm³/mol. The maximum Gasteiger partial charge on any atom is 0.249 e.